The van der Waals surface area contributed by atoms with Crippen LogP contribution in [0.3, 0.4) is 0 Å². The molecule has 9 nitrogen and oxygen atoms in total. The third-order valence-electron chi connectivity index (χ3n) is 3.57. The second kappa shape index (κ2) is 8.10. The molecule has 0 saturated heterocycles. The van der Waals surface area contributed by atoms with E-state index < -0.39 is 10.0 Å². The molecule has 140 valence electrons. The molecule has 2 aromatic heterocycles. The first-order valence-electron chi connectivity index (χ1n) is 7.86. The van der Waals surface area contributed by atoms with Crippen LogP contribution in [0.1, 0.15) is 5.69 Å². The third kappa shape index (κ3) is 4.99. The van der Waals surface area contributed by atoms with Crippen LogP contribution in [0.15, 0.2) is 59.9 Å². The van der Waals surface area contributed by atoms with Gasteiger partial charge in [0.05, 0.1) is 17.1 Å². The molecular weight excluding hydrogens is 386 g/mol. The van der Waals surface area contributed by atoms with E-state index in [-0.39, 0.29) is 10.8 Å². The summed E-state index contributed by atoms with van der Waals surface area (Å²) in [6, 6.07) is 9.67. The maximum Gasteiger partial charge on any atom is 0.264 e. The van der Waals surface area contributed by atoms with Crippen LogP contribution in [0.2, 0.25) is 0 Å². The molecule has 0 amide bonds. The van der Waals surface area contributed by atoms with Crippen molar-refractivity contribution in [2.24, 2.45) is 7.05 Å². The lowest BCUT2D eigenvalue weighted by Gasteiger charge is -2.11. The molecule has 27 heavy (non-hydrogen) atoms. The van der Waals surface area contributed by atoms with Crippen LogP contribution >= 0.6 is 12.2 Å². The van der Waals surface area contributed by atoms with E-state index in [2.05, 4.69) is 30.4 Å². The SMILES string of the molecule is Cn1nccc1CNC(=S)Nc1ccc(S(=O)(=O)Nc2ncccn2)cc1. The Labute approximate surface area is 161 Å². The summed E-state index contributed by atoms with van der Waals surface area (Å²) in [5, 5.41) is 10.6. The fourth-order valence-corrected chi connectivity index (χ4v) is 3.32. The molecule has 0 aliphatic heterocycles. The molecule has 3 rings (SSSR count). The summed E-state index contributed by atoms with van der Waals surface area (Å²) in [4.78, 5) is 7.79. The Morgan fingerprint density at radius 3 is 2.44 bits per heavy atom. The minimum absolute atomic E-state index is 0.0141. The number of benzene rings is 1. The largest absolute Gasteiger partial charge is 0.357 e. The van der Waals surface area contributed by atoms with E-state index in [0.717, 1.165) is 5.69 Å². The average Bonchev–Trinajstić information content (AvgIpc) is 3.06. The minimum Gasteiger partial charge on any atom is -0.357 e. The van der Waals surface area contributed by atoms with Crippen molar-refractivity contribution in [3.8, 4) is 0 Å². The molecule has 0 aliphatic carbocycles. The third-order valence-corrected chi connectivity index (χ3v) is 5.16. The molecule has 0 radical (unpaired) electrons. The second-order valence-corrected chi connectivity index (χ2v) is 7.55. The first-order chi connectivity index (χ1) is 12.9. The van der Waals surface area contributed by atoms with Crippen molar-refractivity contribution in [2.45, 2.75) is 11.4 Å². The molecule has 0 aliphatic rings. The van der Waals surface area contributed by atoms with E-state index in [1.165, 1.54) is 24.5 Å². The van der Waals surface area contributed by atoms with Gasteiger partial charge in [0, 0.05) is 31.3 Å². The minimum atomic E-state index is -3.76. The summed E-state index contributed by atoms with van der Waals surface area (Å²) in [6.07, 6.45) is 4.62. The molecule has 0 spiro atoms. The van der Waals surface area contributed by atoms with E-state index in [1.54, 1.807) is 29.1 Å². The van der Waals surface area contributed by atoms with Crippen LogP contribution in [0.25, 0.3) is 0 Å². The lowest BCUT2D eigenvalue weighted by molar-refractivity contribution is 0.601. The molecule has 3 N–H and O–H groups in total. The summed E-state index contributed by atoms with van der Waals surface area (Å²) in [5.41, 5.74) is 1.64. The van der Waals surface area contributed by atoms with E-state index in [1.807, 2.05) is 13.1 Å². The molecular formula is C16H17N7O2S2. The van der Waals surface area contributed by atoms with Crippen LogP contribution in [0.4, 0.5) is 11.6 Å². The number of hydrogen-bond acceptors (Lipinski definition) is 6. The Hall–Kier alpha value is -3.05. The number of hydrogen-bond donors (Lipinski definition) is 3. The second-order valence-electron chi connectivity index (χ2n) is 5.46. The maximum absolute atomic E-state index is 12.3. The predicted molar refractivity (Wildman–Crippen MR) is 106 cm³/mol. The van der Waals surface area contributed by atoms with Gasteiger partial charge < -0.3 is 10.6 Å². The van der Waals surface area contributed by atoms with Crippen molar-refractivity contribution in [3.63, 3.8) is 0 Å². The molecule has 2 heterocycles. The molecule has 0 fully saturated rings. The predicted octanol–water partition coefficient (Wildman–Crippen LogP) is 1.50. The number of sulfonamides is 1. The molecule has 1 aromatic carbocycles. The van der Waals surface area contributed by atoms with Crippen molar-refractivity contribution in [1.82, 2.24) is 25.1 Å². The Morgan fingerprint density at radius 1 is 1.11 bits per heavy atom. The van der Waals surface area contributed by atoms with Gasteiger partial charge in [0.25, 0.3) is 10.0 Å². The number of thiocarbonyl (C=S) groups is 1. The number of anilines is 2. The number of nitrogens with one attached hydrogen (secondary N) is 3. The van der Waals surface area contributed by atoms with Crippen molar-refractivity contribution in [3.05, 3.63) is 60.7 Å². The highest BCUT2D eigenvalue weighted by atomic mass is 32.2. The smallest absolute Gasteiger partial charge is 0.264 e. The Bertz CT molecular complexity index is 1020. The standard InChI is InChI=1S/C16H17N7O2S2/c1-23-13(7-10-20-23)11-19-16(26)21-12-3-5-14(6-4-12)27(24,25)22-15-17-8-2-9-18-15/h2-10H,11H2,1H3,(H,17,18,22)(H2,19,21,26). The molecule has 0 unspecified atom stereocenters. The summed E-state index contributed by atoms with van der Waals surface area (Å²) < 4.78 is 28.8. The van der Waals surface area contributed by atoms with Crippen molar-refractivity contribution >= 4 is 39.0 Å². The molecule has 11 heteroatoms. The first kappa shape index (κ1) is 18.7. The van der Waals surface area contributed by atoms with Crippen LogP contribution in [0, 0.1) is 0 Å². The van der Waals surface area contributed by atoms with Gasteiger partial charge in [0.1, 0.15) is 0 Å². The molecule has 0 atom stereocenters. The van der Waals surface area contributed by atoms with Crippen molar-refractivity contribution in [1.29, 1.82) is 0 Å². The Kier molecular flexibility index (Phi) is 5.62. The van der Waals surface area contributed by atoms with Gasteiger partial charge in [-0.15, -0.1) is 0 Å². The van der Waals surface area contributed by atoms with Gasteiger partial charge in [-0.2, -0.15) is 5.10 Å². The van der Waals surface area contributed by atoms with E-state index in [0.29, 0.717) is 17.3 Å². The normalized spacial score (nSPS) is 11.0. The van der Waals surface area contributed by atoms with Gasteiger partial charge in [-0.1, -0.05) is 0 Å². The van der Waals surface area contributed by atoms with Gasteiger partial charge in [-0.3, -0.25) is 4.68 Å². The summed E-state index contributed by atoms with van der Waals surface area (Å²) >= 11 is 5.25. The summed E-state index contributed by atoms with van der Waals surface area (Å²) in [6.45, 7) is 0.524. The maximum atomic E-state index is 12.3. The van der Waals surface area contributed by atoms with Crippen molar-refractivity contribution < 1.29 is 8.42 Å². The zero-order valence-corrected chi connectivity index (χ0v) is 16.0. The van der Waals surface area contributed by atoms with Crippen LogP contribution in [-0.2, 0) is 23.6 Å². The van der Waals surface area contributed by atoms with Gasteiger partial charge in [0.15, 0.2) is 5.11 Å². The zero-order valence-electron chi connectivity index (χ0n) is 14.3. The Balaban J connectivity index is 1.59. The summed E-state index contributed by atoms with van der Waals surface area (Å²) in [5.74, 6) is 0.0141. The number of nitrogens with zero attached hydrogens (tertiary/aromatic N) is 4. The number of aromatic nitrogens is 4. The molecule has 0 bridgehead atoms. The van der Waals surface area contributed by atoms with E-state index in [9.17, 15) is 8.42 Å². The van der Waals surface area contributed by atoms with Crippen LogP contribution < -0.4 is 15.4 Å². The fourth-order valence-electron chi connectivity index (χ4n) is 2.17. The quantitative estimate of drug-likeness (QED) is 0.531. The first-order valence-corrected chi connectivity index (χ1v) is 9.75. The van der Waals surface area contributed by atoms with Gasteiger partial charge in [-0.25, -0.2) is 23.1 Å². The van der Waals surface area contributed by atoms with Crippen LogP contribution in [-0.4, -0.2) is 33.3 Å². The van der Waals surface area contributed by atoms with Crippen LogP contribution in [0.5, 0.6) is 0 Å². The highest BCUT2D eigenvalue weighted by molar-refractivity contribution is 7.92. The van der Waals surface area contributed by atoms with E-state index in [4.69, 9.17) is 12.2 Å². The monoisotopic (exact) mass is 403 g/mol. The van der Waals surface area contributed by atoms with E-state index >= 15 is 0 Å². The molecule has 3 aromatic rings. The Morgan fingerprint density at radius 2 is 1.81 bits per heavy atom. The van der Waals surface area contributed by atoms with Gasteiger partial charge >= 0.3 is 0 Å². The van der Waals surface area contributed by atoms with Gasteiger partial charge in [0.2, 0.25) is 5.95 Å². The topological polar surface area (TPSA) is 114 Å². The highest BCUT2D eigenvalue weighted by Crippen LogP contribution is 2.16. The fraction of sp³-hybridized carbons (Fsp3) is 0.125. The van der Waals surface area contributed by atoms with Crippen molar-refractivity contribution in [2.75, 3.05) is 10.0 Å². The lowest BCUT2D eigenvalue weighted by Crippen LogP contribution is -2.28. The number of aryl methyl sites for hydroxylation is 1. The summed E-state index contributed by atoms with van der Waals surface area (Å²) in [7, 11) is -1.92. The molecule has 0 saturated carbocycles. The number of rotatable bonds is 6. The average molecular weight is 403 g/mol. The lowest BCUT2D eigenvalue weighted by atomic mass is 10.3. The van der Waals surface area contributed by atoms with Gasteiger partial charge in [-0.05, 0) is 48.6 Å². The zero-order chi connectivity index (χ0) is 19.3. The highest BCUT2D eigenvalue weighted by Gasteiger charge is 2.15.